The third kappa shape index (κ3) is 2.71. The topological polar surface area (TPSA) is 0 Å². The normalized spacial score (nSPS) is 28.2. The minimum Gasteiger partial charge on any atom is -0.0616 e. The van der Waals surface area contributed by atoms with E-state index in [4.69, 9.17) is 0 Å². The molecule has 4 saturated carbocycles. The minimum atomic E-state index is 0.671. The van der Waals surface area contributed by atoms with Crippen LogP contribution in [0, 0.1) is 23.7 Å². The molecular formula is C44H36. The summed E-state index contributed by atoms with van der Waals surface area (Å²) in [5.74, 6) is 4.86. The van der Waals surface area contributed by atoms with Gasteiger partial charge in [-0.2, -0.15) is 0 Å². The van der Waals surface area contributed by atoms with Crippen LogP contribution in [-0.4, -0.2) is 0 Å². The van der Waals surface area contributed by atoms with Crippen LogP contribution in [0.2, 0.25) is 0 Å². The largest absolute Gasteiger partial charge is 0.0616 e. The quantitative estimate of drug-likeness (QED) is 0.183. The van der Waals surface area contributed by atoms with E-state index in [0.29, 0.717) is 11.8 Å². The van der Waals surface area contributed by atoms with Crippen molar-refractivity contribution in [1.29, 1.82) is 0 Å². The summed E-state index contributed by atoms with van der Waals surface area (Å²) in [4.78, 5) is 0. The molecule has 6 unspecified atom stereocenters. The lowest BCUT2D eigenvalue weighted by Gasteiger charge is -2.30. The molecule has 6 atom stereocenters. The first-order chi connectivity index (χ1) is 21.8. The third-order valence-corrected chi connectivity index (χ3v) is 13.7. The van der Waals surface area contributed by atoms with E-state index in [0.717, 1.165) is 23.7 Å². The van der Waals surface area contributed by atoms with Crippen molar-refractivity contribution in [2.24, 2.45) is 23.7 Å². The Morgan fingerprint density at radius 1 is 0.364 bits per heavy atom. The highest BCUT2D eigenvalue weighted by Gasteiger charge is 2.45. The molecule has 0 saturated heterocycles. The second-order valence-electron chi connectivity index (χ2n) is 15.5. The van der Waals surface area contributed by atoms with Crippen LogP contribution in [0.5, 0.6) is 0 Å². The van der Waals surface area contributed by atoms with Crippen molar-refractivity contribution in [2.45, 2.75) is 63.2 Å². The molecule has 8 aromatic carbocycles. The van der Waals surface area contributed by atoms with Gasteiger partial charge in [-0.25, -0.2) is 0 Å². The van der Waals surface area contributed by atoms with Crippen LogP contribution in [-0.2, 0) is 0 Å². The van der Waals surface area contributed by atoms with Crippen LogP contribution in [0.3, 0.4) is 0 Å². The maximum atomic E-state index is 2.72. The zero-order valence-corrected chi connectivity index (χ0v) is 25.2. The fourth-order valence-electron chi connectivity index (χ4n) is 12.2. The molecule has 0 aliphatic heterocycles. The van der Waals surface area contributed by atoms with Gasteiger partial charge in [-0.3, -0.25) is 0 Å². The number of rotatable bonds is 2. The molecule has 0 heteroatoms. The SMILES string of the molecule is c1ccc2c(c1)c1cccc3c4c(C5CC6CCC5C6)c5c6cccc7cccc(c5c(C5CC8CCC5C8)c4cc2c13)c76. The Morgan fingerprint density at radius 2 is 0.909 bits per heavy atom. The molecule has 0 amide bonds. The maximum Gasteiger partial charge on any atom is -0.00198 e. The summed E-state index contributed by atoms with van der Waals surface area (Å²) in [6.07, 6.45) is 11.4. The first-order valence-electron chi connectivity index (χ1n) is 17.5. The monoisotopic (exact) mass is 564 g/mol. The predicted molar refractivity (Wildman–Crippen MR) is 188 cm³/mol. The van der Waals surface area contributed by atoms with Crippen LogP contribution in [0.15, 0.2) is 84.9 Å². The summed E-state index contributed by atoms with van der Waals surface area (Å²) in [5.41, 5.74) is 3.46. The lowest BCUT2D eigenvalue weighted by Crippen LogP contribution is -2.13. The van der Waals surface area contributed by atoms with Crippen LogP contribution < -0.4 is 0 Å². The van der Waals surface area contributed by atoms with E-state index in [2.05, 4.69) is 84.9 Å². The average molecular weight is 565 g/mol. The highest BCUT2D eigenvalue weighted by molar-refractivity contribution is 6.39. The lowest BCUT2D eigenvalue weighted by atomic mass is 9.73. The second-order valence-corrected chi connectivity index (χ2v) is 15.5. The summed E-state index contributed by atoms with van der Waals surface area (Å²) >= 11 is 0. The van der Waals surface area contributed by atoms with Gasteiger partial charge in [0.25, 0.3) is 0 Å². The maximum absolute atomic E-state index is 2.72. The van der Waals surface area contributed by atoms with Crippen molar-refractivity contribution in [2.75, 3.05) is 0 Å². The summed E-state index contributed by atoms with van der Waals surface area (Å²) < 4.78 is 0. The van der Waals surface area contributed by atoms with E-state index in [1.165, 1.54) is 105 Å². The fourth-order valence-corrected chi connectivity index (χ4v) is 12.2. The number of hydrogen-bond donors (Lipinski definition) is 0. The first kappa shape index (κ1) is 23.5. The van der Waals surface area contributed by atoms with Gasteiger partial charge in [-0.05, 0) is 167 Å². The molecule has 44 heavy (non-hydrogen) atoms. The molecule has 12 rings (SSSR count). The van der Waals surface area contributed by atoms with Gasteiger partial charge < -0.3 is 0 Å². The van der Waals surface area contributed by atoms with E-state index in [1.807, 2.05) is 0 Å². The number of fused-ring (bicyclic) bond motifs is 12. The van der Waals surface area contributed by atoms with E-state index < -0.39 is 0 Å². The minimum absolute atomic E-state index is 0.671. The van der Waals surface area contributed by atoms with E-state index in [9.17, 15) is 0 Å². The third-order valence-electron chi connectivity index (χ3n) is 13.7. The van der Waals surface area contributed by atoms with E-state index in [-0.39, 0.29) is 0 Å². The summed E-state index contributed by atoms with van der Waals surface area (Å²) in [6, 6.07) is 33.6. The van der Waals surface area contributed by atoms with Crippen molar-refractivity contribution < 1.29 is 0 Å². The Balaban J connectivity index is 1.39. The zero-order chi connectivity index (χ0) is 28.3. The Kier molecular flexibility index (Phi) is 4.28. The molecule has 4 fully saturated rings. The molecule has 0 radical (unpaired) electrons. The van der Waals surface area contributed by atoms with Crippen molar-refractivity contribution >= 4 is 75.4 Å². The standard InChI is InChI=1S/C44H36/c1-2-9-29-28(8-1)30-10-5-13-33-39(30)36(29)22-37-40(33)44(35-21-24-15-17-27(35)19-24)43-32-12-4-7-25-6-3-11-31(38(25)32)42(43)41(37)34-20-23-14-16-26(34)18-23/h1-13,22-24,26-27,34-35H,14-21H2. The smallest absolute Gasteiger partial charge is 0.00198 e. The van der Waals surface area contributed by atoms with Gasteiger partial charge in [0.1, 0.15) is 0 Å². The van der Waals surface area contributed by atoms with Gasteiger partial charge in [0.15, 0.2) is 0 Å². The molecule has 8 aromatic rings. The zero-order valence-electron chi connectivity index (χ0n) is 25.2. The van der Waals surface area contributed by atoms with E-state index >= 15 is 0 Å². The van der Waals surface area contributed by atoms with Gasteiger partial charge in [0.2, 0.25) is 0 Å². The lowest BCUT2D eigenvalue weighted by molar-refractivity contribution is 0.421. The van der Waals surface area contributed by atoms with Crippen molar-refractivity contribution in [3.8, 4) is 0 Å². The summed E-state index contributed by atoms with van der Waals surface area (Å²) in [7, 11) is 0. The molecule has 4 bridgehead atoms. The van der Waals surface area contributed by atoms with Crippen LogP contribution >= 0.6 is 0 Å². The molecule has 0 nitrogen and oxygen atoms in total. The molecule has 0 spiro atoms. The van der Waals surface area contributed by atoms with Gasteiger partial charge in [0, 0.05) is 0 Å². The van der Waals surface area contributed by atoms with Crippen LogP contribution in [0.25, 0.3) is 75.4 Å². The van der Waals surface area contributed by atoms with Crippen molar-refractivity contribution in [3.05, 3.63) is 96.1 Å². The summed E-state index contributed by atoms with van der Waals surface area (Å²) in [6.45, 7) is 0. The highest BCUT2D eigenvalue weighted by Crippen LogP contribution is 2.62. The molecule has 0 N–H and O–H groups in total. The number of hydrogen-bond acceptors (Lipinski definition) is 0. The predicted octanol–water partition coefficient (Wildman–Crippen LogP) is 12.4. The first-order valence-corrected chi connectivity index (χ1v) is 17.5. The fraction of sp³-hybridized carbons (Fsp3) is 0.318. The Morgan fingerprint density at radius 3 is 1.55 bits per heavy atom. The van der Waals surface area contributed by atoms with Crippen LogP contribution in [0.4, 0.5) is 0 Å². The Bertz CT molecular complexity index is 2490. The second kappa shape index (κ2) is 8.02. The Hall–Kier alpha value is -3.90. The summed E-state index contributed by atoms with van der Waals surface area (Å²) in [5, 5.41) is 21.4. The average Bonchev–Trinajstić information content (AvgIpc) is 3.93. The van der Waals surface area contributed by atoms with Crippen LogP contribution in [0.1, 0.15) is 74.3 Å². The molecular weight excluding hydrogens is 528 g/mol. The van der Waals surface area contributed by atoms with Gasteiger partial charge in [-0.1, -0.05) is 91.7 Å². The molecule has 0 heterocycles. The highest BCUT2D eigenvalue weighted by atomic mass is 14.5. The number of benzene rings is 6. The van der Waals surface area contributed by atoms with Gasteiger partial charge in [-0.15, -0.1) is 0 Å². The van der Waals surface area contributed by atoms with E-state index in [1.54, 1.807) is 32.7 Å². The van der Waals surface area contributed by atoms with Crippen molar-refractivity contribution in [1.82, 2.24) is 0 Å². The molecule has 212 valence electrons. The van der Waals surface area contributed by atoms with Gasteiger partial charge >= 0.3 is 0 Å². The Labute approximate surface area is 257 Å². The molecule has 4 aliphatic carbocycles. The molecule has 0 aromatic heterocycles. The molecule has 4 aliphatic rings. The van der Waals surface area contributed by atoms with Crippen molar-refractivity contribution in [3.63, 3.8) is 0 Å². The van der Waals surface area contributed by atoms with Gasteiger partial charge in [0.05, 0.1) is 0 Å².